The number of nitrogens with one attached hydrogen (secondary N) is 2. The highest BCUT2D eigenvalue weighted by molar-refractivity contribution is 7.14. The fraction of sp³-hybridized carbons (Fsp3) is 0.333. The predicted molar refractivity (Wildman–Crippen MR) is 101 cm³/mol. The Labute approximate surface area is 164 Å². The van der Waals surface area contributed by atoms with Gasteiger partial charge in [-0.2, -0.15) is 0 Å². The SMILES string of the molecule is CC1(C)NC(=O)N(CC(=O)Nc2nc(-c3ccc4c(c3)OCCO4)cs2)C1=O. The van der Waals surface area contributed by atoms with Crippen molar-refractivity contribution < 1.29 is 23.9 Å². The van der Waals surface area contributed by atoms with Gasteiger partial charge in [0, 0.05) is 10.9 Å². The van der Waals surface area contributed by atoms with Gasteiger partial charge < -0.3 is 20.1 Å². The van der Waals surface area contributed by atoms with Crippen LogP contribution in [0.5, 0.6) is 11.5 Å². The second-order valence-corrected chi connectivity index (χ2v) is 7.75. The van der Waals surface area contributed by atoms with Gasteiger partial charge in [-0.15, -0.1) is 11.3 Å². The maximum absolute atomic E-state index is 12.3. The second-order valence-electron chi connectivity index (χ2n) is 6.89. The van der Waals surface area contributed by atoms with E-state index in [0.717, 1.165) is 10.5 Å². The van der Waals surface area contributed by atoms with Crippen LogP contribution in [0.25, 0.3) is 11.3 Å². The molecule has 28 heavy (non-hydrogen) atoms. The Balaban J connectivity index is 1.43. The smallest absolute Gasteiger partial charge is 0.325 e. The molecule has 1 aromatic heterocycles. The molecule has 0 atom stereocenters. The average Bonchev–Trinajstić information content (AvgIpc) is 3.19. The van der Waals surface area contributed by atoms with Crippen molar-refractivity contribution in [2.75, 3.05) is 25.1 Å². The molecule has 4 amide bonds. The monoisotopic (exact) mass is 402 g/mol. The molecule has 0 spiro atoms. The quantitative estimate of drug-likeness (QED) is 0.756. The molecule has 0 bridgehead atoms. The fourth-order valence-corrected chi connectivity index (χ4v) is 3.67. The van der Waals surface area contributed by atoms with Gasteiger partial charge in [0.05, 0.1) is 5.69 Å². The summed E-state index contributed by atoms with van der Waals surface area (Å²) in [5.41, 5.74) is 0.495. The van der Waals surface area contributed by atoms with E-state index in [4.69, 9.17) is 9.47 Å². The number of urea groups is 1. The number of ether oxygens (including phenoxy) is 2. The molecule has 146 valence electrons. The third kappa shape index (κ3) is 3.38. The molecular weight excluding hydrogens is 384 g/mol. The van der Waals surface area contributed by atoms with Gasteiger partial charge in [0.2, 0.25) is 5.91 Å². The molecule has 2 aliphatic rings. The first-order chi connectivity index (χ1) is 13.3. The number of rotatable bonds is 4. The molecule has 10 heteroatoms. The summed E-state index contributed by atoms with van der Waals surface area (Å²) >= 11 is 1.25. The van der Waals surface area contributed by atoms with Crippen LogP contribution < -0.4 is 20.1 Å². The molecule has 1 saturated heterocycles. The minimum atomic E-state index is -1.01. The number of hydrogen-bond donors (Lipinski definition) is 2. The Morgan fingerprint density at radius 2 is 2.04 bits per heavy atom. The molecule has 1 aromatic carbocycles. The van der Waals surface area contributed by atoms with E-state index >= 15 is 0 Å². The van der Waals surface area contributed by atoms with Crippen molar-refractivity contribution in [3.8, 4) is 22.8 Å². The van der Waals surface area contributed by atoms with Crippen molar-refractivity contribution in [2.45, 2.75) is 19.4 Å². The zero-order valence-corrected chi connectivity index (χ0v) is 16.1. The lowest BCUT2D eigenvalue weighted by molar-refractivity contribution is -0.132. The first-order valence-electron chi connectivity index (χ1n) is 8.63. The Morgan fingerprint density at radius 1 is 1.29 bits per heavy atom. The summed E-state index contributed by atoms with van der Waals surface area (Å²) in [5, 5.41) is 7.34. The van der Waals surface area contributed by atoms with Gasteiger partial charge in [-0.1, -0.05) is 0 Å². The van der Waals surface area contributed by atoms with Crippen molar-refractivity contribution in [3.05, 3.63) is 23.6 Å². The van der Waals surface area contributed by atoms with Gasteiger partial charge in [-0.05, 0) is 32.0 Å². The Bertz CT molecular complexity index is 971. The molecule has 2 aliphatic heterocycles. The summed E-state index contributed by atoms with van der Waals surface area (Å²) in [5.74, 6) is 0.409. The predicted octanol–water partition coefficient (Wildman–Crippen LogP) is 1.85. The first kappa shape index (κ1) is 18.2. The van der Waals surface area contributed by atoms with Crippen molar-refractivity contribution >= 4 is 34.3 Å². The third-order valence-electron chi connectivity index (χ3n) is 4.33. The van der Waals surface area contributed by atoms with Crippen molar-refractivity contribution in [3.63, 3.8) is 0 Å². The number of imide groups is 1. The zero-order valence-electron chi connectivity index (χ0n) is 15.3. The van der Waals surface area contributed by atoms with Crippen LogP contribution in [-0.2, 0) is 9.59 Å². The van der Waals surface area contributed by atoms with E-state index in [2.05, 4.69) is 15.6 Å². The molecule has 2 N–H and O–H groups in total. The lowest BCUT2D eigenvalue weighted by atomic mass is 10.1. The van der Waals surface area contributed by atoms with Crippen LogP contribution in [0, 0.1) is 0 Å². The van der Waals surface area contributed by atoms with Gasteiger partial charge in [0.15, 0.2) is 16.6 Å². The molecule has 0 aliphatic carbocycles. The lowest BCUT2D eigenvalue weighted by Gasteiger charge is -2.18. The number of amides is 4. The Morgan fingerprint density at radius 3 is 2.75 bits per heavy atom. The van der Waals surface area contributed by atoms with E-state index in [1.807, 2.05) is 18.2 Å². The zero-order chi connectivity index (χ0) is 19.9. The van der Waals surface area contributed by atoms with Crippen molar-refractivity contribution in [1.29, 1.82) is 0 Å². The molecule has 0 unspecified atom stereocenters. The van der Waals surface area contributed by atoms with Gasteiger partial charge in [0.1, 0.15) is 25.3 Å². The van der Waals surface area contributed by atoms with Gasteiger partial charge in [0.25, 0.3) is 5.91 Å². The van der Waals surface area contributed by atoms with E-state index in [-0.39, 0.29) is 6.54 Å². The van der Waals surface area contributed by atoms with Gasteiger partial charge in [-0.25, -0.2) is 9.78 Å². The van der Waals surface area contributed by atoms with Crippen LogP contribution in [0.1, 0.15) is 13.8 Å². The number of fused-ring (bicyclic) bond motifs is 1. The van der Waals surface area contributed by atoms with Crippen molar-refractivity contribution in [1.82, 2.24) is 15.2 Å². The first-order valence-corrected chi connectivity index (χ1v) is 9.51. The minimum absolute atomic E-state index is 0.368. The minimum Gasteiger partial charge on any atom is -0.486 e. The maximum Gasteiger partial charge on any atom is 0.325 e. The molecule has 2 aromatic rings. The Kier molecular flexibility index (Phi) is 4.42. The third-order valence-corrected chi connectivity index (χ3v) is 5.09. The van der Waals surface area contributed by atoms with E-state index in [1.165, 1.54) is 11.3 Å². The number of carbonyl (C=O) groups excluding carboxylic acids is 3. The van der Waals surface area contributed by atoms with Crippen LogP contribution in [0.2, 0.25) is 0 Å². The fourth-order valence-electron chi connectivity index (χ4n) is 2.93. The maximum atomic E-state index is 12.3. The summed E-state index contributed by atoms with van der Waals surface area (Å²) in [6, 6.07) is 4.94. The van der Waals surface area contributed by atoms with Crippen molar-refractivity contribution in [2.24, 2.45) is 0 Å². The highest BCUT2D eigenvalue weighted by atomic mass is 32.1. The van der Waals surface area contributed by atoms with Gasteiger partial charge >= 0.3 is 6.03 Å². The van der Waals surface area contributed by atoms with E-state index in [1.54, 1.807) is 19.2 Å². The van der Waals surface area contributed by atoms with Crippen LogP contribution >= 0.6 is 11.3 Å². The number of carbonyl (C=O) groups is 3. The summed E-state index contributed by atoms with van der Waals surface area (Å²) < 4.78 is 11.1. The van der Waals surface area contributed by atoms with Gasteiger partial charge in [-0.3, -0.25) is 14.5 Å². The molecule has 9 nitrogen and oxygen atoms in total. The van der Waals surface area contributed by atoms with E-state index in [0.29, 0.717) is 35.5 Å². The molecule has 1 fully saturated rings. The second kappa shape index (κ2) is 6.79. The van der Waals surface area contributed by atoms with E-state index < -0.39 is 23.4 Å². The number of benzene rings is 1. The van der Waals surface area contributed by atoms with E-state index in [9.17, 15) is 14.4 Å². The molecule has 0 saturated carbocycles. The summed E-state index contributed by atoms with van der Waals surface area (Å²) in [6.07, 6.45) is 0. The van der Waals surface area contributed by atoms with Crippen LogP contribution in [-0.4, -0.2) is 53.0 Å². The number of aromatic nitrogens is 1. The molecule has 4 rings (SSSR count). The number of anilines is 1. The molecule has 0 radical (unpaired) electrons. The average molecular weight is 402 g/mol. The number of nitrogens with zero attached hydrogens (tertiary/aromatic N) is 2. The van der Waals surface area contributed by atoms with Crippen LogP contribution in [0.3, 0.4) is 0 Å². The highest BCUT2D eigenvalue weighted by Gasteiger charge is 2.44. The summed E-state index contributed by atoms with van der Waals surface area (Å²) in [6.45, 7) is 3.83. The lowest BCUT2D eigenvalue weighted by Crippen LogP contribution is -2.41. The topological polar surface area (TPSA) is 110 Å². The highest BCUT2D eigenvalue weighted by Crippen LogP contribution is 2.35. The van der Waals surface area contributed by atoms with Crippen LogP contribution in [0.15, 0.2) is 23.6 Å². The standard InChI is InChI=1S/C18H18N4O5S/c1-18(2)15(24)22(17(25)21-18)8-14(23)20-16-19-11(9-28-16)10-3-4-12-13(7-10)27-6-5-26-12/h3-4,7,9H,5-6,8H2,1-2H3,(H,21,25)(H,19,20,23). The normalized spacial score (nSPS) is 17.4. The number of thiazole rings is 1. The van der Waals surface area contributed by atoms with Crippen LogP contribution in [0.4, 0.5) is 9.93 Å². The number of hydrogen-bond acceptors (Lipinski definition) is 7. The molecular formula is C18H18N4O5S. The largest absolute Gasteiger partial charge is 0.486 e. The Hall–Kier alpha value is -3.14. The molecule has 3 heterocycles. The summed E-state index contributed by atoms with van der Waals surface area (Å²) in [7, 11) is 0. The summed E-state index contributed by atoms with van der Waals surface area (Å²) in [4.78, 5) is 41.6.